The van der Waals surface area contributed by atoms with Gasteiger partial charge < -0.3 is 16.0 Å². The summed E-state index contributed by atoms with van der Waals surface area (Å²) in [5.74, 6) is -0.675. The average molecular weight is 358 g/mol. The van der Waals surface area contributed by atoms with Gasteiger partial charge in [-0.15, -0.1) is 12.4 Å². The monoisotopic (exact) mass is 357 g/mol. The number of benzene rings is 1. The molecule has 5 nitrogen and oxygen atoms in total. The molecule has 2 amide bonds. The maximum Gasteiger partial charge on any atom is 0.242 e. The standard InChI is InChI=1S/C17H24FN3O2.ClH/c18-14-7-5-13(6-8-14)9-10-21(15-3-1-2-4-15)17(23)12-20-16(22)11-19;/h5-8,15H,1-4,9-12,19H2,(H,20,22);1H. The van der Waals surface area contributed by atoms with E-state index in [9.17, 15) is 14.0 Å². The van der Waals surface area contributed by atoms with Crippen LogP contribution in [0.3, 0.4) is 0 Å². The summed E-state index contributed by atoms with van der Waals surface area (Å²) in [6.07, 6.45) is 4.92. The quantitative estimate of drug-likeness (QED) is 0.779. The maximum absolute atomic E-state index is 13.0. The number of amides is 2. The molecule has 1 fully saturated rings. The third kappa shape index (κ3) is 6.09. The number of nitrogens with one attached hydrogen (secondary N) is 1. The summed E-state index contributed by atoms with van der Waals surface area (Å²) in [6.45, 7) is 0.440. The Morgan fingerprint density at radius 3 is 2.42 bits per heavy atom. The number of carbonyl (C=O) groups excluding carboxylic acids is 2. The van der Waals surface area contributed by atoms with E-state index in [0.717, 1.165) is 31.2 Å². The van der Waals surface area contributed by atoms with E-state index in [1.54, 1.807) is 12.1 Å². The highest BCUT2D eigenvalue weighted by atomic mass is 35.5. The molecule has 1 aromatic carbocycles. The molecule has 0 aliphatic heterocycles. The van der Waals surface area contributed by atoms with Crippen molar-refractivity contribution in [2.75, 3.05) is 19.6 Å². The zero-order valence-electron chi connectivity index (χ0n) is 13.7. The lowest BCUT2D eigenvalue weighted by molar-refractivity contribution is -0.134. The fourth-order valence-corrected chi connectivity index (χ4v) is 2.98. The molecule has 24 heavy (non-hydrogen) atoms. The first kappa shape index (κ1) is 20.4. The van der Waals surface area contributed by atoms with Crippen molar-refractivity contribution in [2.24, 2.45) is 5.73 Å². The van der Waals surface area contributed by atoms with Crippen molar-refractivity contribution in [3.63, 3.8) is 0 Å². The number of halogens is 2. The van der Waals surface area contributed by atoms with Crippen molar-refractivity contribution >= 4 is 24.2 Å². The van der Waals surface area contributed by atoms with Gasteiger partial charge in [0.15, 0.2) is 0 Å². The summed E-state index contributed by atoms with van der Waals surface area (Å²) < 4.78 is 13.0. The molecule has 1 aliphatic carbocycles. The van der Waals surface area contributed by atoms with E-state index < -0.39 is 0 Å². The first-order valence-corrected chi connectivity index (χ1v) is 8.11. The molecule has 0 radical (unpaired) electrons. The lowest BCUT2D eigenvalue weighted by Crippen LogP contribution is -2.46. The summed E-state index contributed by atoms with van der Waals surface area (Å²) in [6, 6.07) is 6.57. The normalized spacial score (nSPS) is 14.1. The van der Waals surface area contributed by atoms with Crippen LogP contribution in [0.2, 0.25) is 0 Å². The number of carbonyl (C=O) groups is 2. The van der Waals surface area contributed by atoms with Crippen molar-refractivity contribution in [1.29, 1.82) is 0 Å². The minimum atomic E-state index is -0.330. The molecule has 1 saturated carbocycles. The van der Waals surface area contributed by atoms with Gasteiger partial charge in [-0.25, -0.2) is 4.39 Å². The smallest absolute Gasteiger partial charge is 0.242 e. The molecular formula is C17H25ClFN3O2. The van der Waals surface area contributed by atoms with Crippen molar-refractivity contribution in [1.82, 2.24) is 10.2 Å². The fourth-order valence-electron chi connectivity index (χ4n) is 2.98. The highest BCUT2D eigenvalue weighted by molar-refractivity contribution is 5.86. The second-order valence-corrected chi connectivity index (χ2v) is 5.88. The van der Waals surface area contributed by atoms with Crippen molar-refractivity contribution in [3.05, 3.63) is 35.6 Å². The summed E-state index contributed by atoms with van der Waals surface area (Å²) >= 11 is 0. The van der Waals surface area contributed by atoms with E-state index in [1.165, 1.54) is 12.1 Å². The Balaban J connectivity index is 0.00000288. The van der Waals surface area contributed by atoms with Gasteiger partial charge in [0.1, 0.15) is 5.82 Å². The van der Waals surface area contributed by atoms with Gasteiger partial charge >= 0.3 is 0 Å². The third-order valence-corrected chi connectivity index (χ3v) is 4.26. The Kier molecular flexibility index (Phi) is 8.71. The maximum atomic E-state index is 13.0. The second-order valence-electron chi connectivity index (χ2n) is 5.88. The lowest BCUT2D eigenvalue weighted by atomic mass is 10.1. The summed E-state index contributed by atoms with van der Waals surface area (Å²) in [4.78, 5) is 25.5. The molecular weight excluding hydrogens is 333 g/mol. The number of hydrogen-bond acceptors (Lipinski definition) is 3. The van der Waals surface area contributed by atoms with E-state index >= 15 is 0 Å². The molecule has 3 N–H and O–H groups in total. The number of nitrogens with zero attached hydrogens (tertiary/aromatic N) is 1. The van der Waals surface area contributed by atoms with Crippen LogP contribution in [0.5, 0.6) is 0 Å². The van der Waals surface area contributed by atoms with Crippen molar-refractivity contribution < 1.29 is 14.0 Å². The SMILES string of the molecule is Cl.NCC(=O)NCC(=O)N(CCc1ccc(F)cc1)C1CCCC1. The molecule has 1 aliphatic rings. The van der Waals surface area contributed by atoms with Gasteiger partial charge in [0, 0.05) is 12.6 Å². The van der Waals surface area contributed by atoms with Crippen LogP contribution in [-0.2, 0) is 16.0 Å². The molecule has 1 aromatic rings. The Morgan fingerprint density at radius 1 is 1.21 bits per heavy atom. The van der Waals surface area contributed by atoms with Gasteiger partial charge in [-0.3, -0.25) is 9.59 Å². The molecule has 2 rings (SSSR count). The predicted octanol–water partition coefficient (Wildman–Crippen LogP) is 1.64. The summed E-state index contributed by atoms with van der Waals surface area (Å²) in [7, 11) is 0. The van der Waals surface area contributed by atoms with Gasteiger partial charge in [0.2, 0.25) is 11.8 Å². The van der Waals surface area contributed by atoms with Gasteiger partial charge in [-0.05, 0) is 37.0 Å². The van der Waals surface area contributed by atoms with E-state index in [2.05, 4.69) is 5.32 Å². The molecule has 0 bridgehead atoms. The molecule has 7 heteroatoms. The minimum Gasteiger partial charge on any atom is -0.346 e. The largest absolute Gasteiger partial charge is 0.346 e. The average Bonchev–Trinajstić information content (AvgIpc) is 3.08. The Bertz CT molecular complexity index is 533. The predicted molar refractivity (Wildman–Crippen MR) is 93.4 cm³/mol. The minimum absolute atomic E-state index is 0. The van der Waals surface area contributed by atoms with Gasteiger partial charge in [-0.2, -0.15) is 0 Å². The number of nitrogens with two attached hydrogens (primary N) is 1. The molecule has 0 saturated heterocycles. The highest BCUT2D eigenvalue weighted by Crippen LogP contribution is 2.23. The van der Waals surface area contributed by atoms with Gasteiger partial charge in [-0.1, -0.05) is 25.0 Å². The lowest BCUT2D eigenvalue weighted by Gasteiger charge is -2.29. The Labute approximate surface area is 148 Å². The Morgan fingerprint density at radius 2 is 1.83 bits per heavy atom. The van der Waals surface area contributed by atoms with Crippen molar-refractivity contribution in [3.8, 4) is 0 Å². The molecule has 0 atom stereocenters. The van der Waals surface area contributed by atoms with Crippen LogP contribution < -0.4 is 11.1 Å². The first-order chi connectivity index (χ1) is 11.1. The van der Waals surface area contributed by atoms with Gasteiger partial charge in [0.25, 0.3) is 0 Å². The van der Waals surface area contributed by atoms with Crippen LogP contribution in [0.1, 0.15) is 31.2 Å². The second kappa shape index (κ2) is 10.3. The third-order valence-electron chi connectivity index (χ3n) is 4.26. The molecule has 0 heterocycles. The van der Waals surface area contributed by atoms with Crippen LogP contribution >= 0.6 is 12.4 Å². The van der Waals surface area contributed by atoms with Crippen LogP contribution in [-0.4, -0.2) is 42.4 Å². The summed E-state index contributed by atoms with van der Waals surface area (Å²) in [5, 5.41) is 2.54. The van der Waals surface area contributed by atoms with Crippen LogP contribution in [0.25, 0.3) is 0 Å². The van der Waals surface area contributed by atoms with Crippen molar-refractivity contribution in [2.45, 2.75) is 38.1 Å². The number of hydrogen-bond donors (Lipinski definition) is 2. The fraction of sp³-hybridized carbons (Fsp3) is 0.529. The molecule has 0 unspecified atom stereocenters. The van der Waals surface area contributed by atoms with Crippen LogP contribution in [0.4, 0.5) is 4.39 Å². The zero-order chi connectivity index (χ0) is 16.7. The first-order valence-electron chi connectivity index (χ1n) is 8.11. The summed E-state index contributed by atoms with van der Waals surface area (Å²) in [5.41, 5.74) is 6.23. The van der Waals surface area contributed by atoms with Gasteiger partial charge in [0.05, 0.1) is 13.1 Å². The highest BCUT2D eigenvalue weighted by Gasteiger charge is 2.26. The molecule has 0 aromatic heterocycles. The van der Waals surface area contributed by atoms with Crippen LogP contribution in [0.15, 0.2) is 24.3 Å². The topological polar surface area (TPSA) is 75.4 Å². The number of rotatable bonds is 7. The molecule has 134 valence electrons. The van der Waals surface area contributed by atoms with E-state index in [-0.39, 0.29) is 49.2 Å². The Hall–Kier alpha value is -1.66. The van der Waals surface area contributed by atoms with E-state index in [1.807, 2.05) is 4.90 Å². The van der Waals surface area contributed by atoms with E-state index in [4.69, 9.17) is 5.73 Å². The van der Waals surface area contributed by atoms with E-state index in [0.29, 0.717) is 13.0 Å². The zero-order valence-corrected chi connectivity index (χ0v) is 14.5. The van der Waals surface area contributed by atoms with Crippen LogP contribution in [0, 0.1) is 5.82 Å². The molecule has 0 spiro atoms.